The van der Waals surface area contributed by atoms with Gasteiger partial charge in [0.05, 0.1) is 11.4 Å². The molecule has 1 heterocycles. The van der Waals surface area contributed by atoms with Crippen molar-refractivity contribution >= 4 is 23.4 Å². The average molecular weight is 391 g/mol. The molecule has 1 N–H and O–H groups in total. The number of nitrogens with zero attached hydrogens (tertiary/aromatic N) is 2. The number of hydrogen-bond donors (Lipinski definition) is 1. The predicted molar refractivity (Wildman–Crippen MR) is 95.5 cm³/mol. The zero-order valence-corrected chi connectivity index (χ0v) is 14.5. The number of carbonyl (C=O) groups is 1. The van der Waals surface area contributed by atoms with Crippen molar-refractivity contribution in [3.63, 3.8) is 0 Å². The second-order valence-electron chi connectivity index (χ2n) is 5.35. The Kier molecular flexibility index (Phi) is 5.60. The summed E-state index contributed by atoms with van der Waals surface area (Å²) >= 11 is 0.895. The van der Waals surface area contributed by atoms with Crippen LogP contribution in [0, 0.1) is 17.5 Å². The first kappa shape index (κ1) is 18.7. The van der Waals surface area contributed by atoms with Gasteiger partial charge in [0.15, 0.2) is 16.7 Å². The summed E-state index contributed by atoms with van der Waals surface area (Å²) in [6.45, 7) is 0. The van der Waals surface area contributed by atoms with Crippen LogP contribution in [-0.4, -0.2) is 21.2 Å². The molecule has 0 aliphatic carbocycles. The zero-order valence-electron chi connectivity index (χ0n) is 13.7. The Morgan fingerprint density at radius 1 is 1.07 bits per heavy atom. The summed E-state index contributed by atoms with van der Waals surface area (Å²) < 4.78 is 40.4. The summed E-state index contributed by atoms with van der Waals surface area (Å²) in [6.07, 6.45) is 2.64. The lowest BCUT2D eigenvalue weighted by atomic mass is 10.3. The summed E-state index contributed by atoms with van der Waals surface area (Å²) in [5.74, 6) is -3.04. The molecule has 138 valence electrons. The maximum atomic E-state index is 13.4. The van der Waals surface area contributed by atoms with Gasteiger partial charge in [0, 0.05) is 24.1 Å². The van der Waals surface area contributed by atoms with Crippen molar-refractivity contribution in [1.29, 1.82) is 0 Å². The topological polar surface area (TPSA) is 64.0 Å². The van der Waals surface area contributed by atoms with E-state index >= 15 is 0 Å². The molecule has 1 aromatic heterocycles. The minimum atomic E-state index is -1.08. The van der Waals surface area contributed by atoms with Crippen LogP contribution < -0.4 is 10.9 Å². The molecule has 0 aliphatic rings. The molecule has 27 heavy (non-hydrogen) atoms. The quantitative estimate of drug-likeness (QED) is 0.678. The van der Waals surface area contributed by atoms with E-state index in [4.69, 9.17) is 0 Å². The fourth-order valence-electron chi connectivity index (χ4n) is 2.20. The van der Waals surface area contributed by atoms with Crippen molar-refractivity contribution in [2.75, 3.05) is 11.1 Å². The SMILES string of the molecule is O=C(CSc1nccn(-c2ccc(F)c(F)c2)c1=O)Nc1ccc(F)cc1. The van der Waals surface area contributed by atoms with E-state index < -0.39 is 28.9 Å². The first-order chi connectivity index (χ1) is 12.9. The van der Waals surface area contributed by atoms with Crippen LogP contribution in [0.5, 0.6) is 0 Å². The van der Waals surface area contributed by atoms with Crippen molar-refractivity contribution in [3.05, 3.63) is 82.7 Å². The lowest BCUT2D eigenvalue weighted by Crippen LogP contribution is -2.22. The Balaban J connectivity index is 1.72. The number of amides is 1. The Bertz CT molecular complexity index is 1040. The van der Waals surface area contributed by atoms with E-state index in [1.54, 1.807) is 0 Å². The van der Waals surface area contributed by atoms with Crippen LogP contribution in [0.2, 0.25) is 0 Å². The second-order valence-corrected chi connectivity index (χ2v) is 6.31. The van der Waals surface area contributed by atoms with Gasteiger partial charge < -0.3 is 5.32 Å². The number of rotatable bonds is 5. The molecule has 5 nitrogen and oxygen atoms in total. The first-order valence-corrected chi connectivity index (χ1v) is 8.64. The van der Waals surface area contributed by atoms with Crippen LogP contribution in [0.4, 0.5) is 18.9 Å². The normalized spacial score (nSPS) is 10.6. The highest BCUT2D eigenvalue weighted by Crippen LogP contribution is 2.15. The Morgan fingerprint density at radius 2 is 1.81 bits per heavy atom. The van der Waals surface area contributed by atoms with Crippen molar-refractivity contribution in [2.24, 2.45) is 0 Å². The molecule has 2 aromatic carbocycles. The van der Waals surface area contributed by atoms with Crippen molar-refractivity contribution in [2.45, 2.75) is 5.03 Å². The molecule has 3 rings (SSSR count). The molecular formula is C18H12F3N3O2S. The standard InChI is InChI=1S/C18H12F3N3O2S/c19-11-1-3-12(4-2-11)23-16(25)10-27-17-18(26)24(8-7-22-17)13-5-6-14(20)15(21)9-13/h1-9H,10H2,(H,23,25). The monoisotopic (exact) mass is 391 g/mol. The molecule has 0 radical (unpaired) electrons. The lowest BCUT2D eigenvalue weighted by molar-refractivity contribution is -0.113. The minimum absolute atomic E-state index is 0.0245. The van der Waals surface area contributed by atoms with E-state index in [0.717, 1.165) is 28.5 Å². The first-order valence-electron chi connectivity index (χ1n) is 7.65. The van der Waals surface area contributed by atoms with Crippen LogP contribution in [0.25, 0.3) is 5.69 Å². The summed E-state index contributed by atoms with van der Waals surface area (Å²) in [4.78, 5) is 28.4. The molecule has 0 bridgehead atoms. The third-order valence-electron chi connectivity index (χ3n) is 3.46. The van der Waals surface area contributed by atoms with Crippen LogP contribution >= 0.6 is 11.8 Å². The lowest BCUT2D eigenvalue weighted by Gasteiger charge is -2.08. The summed E-state index contributed by atoms with van der Waals surface area (Å²) in [7, 11) is 0. The van der Waals surface area contributed by atoms with Crippen LogP contribution in [0.3, 0.4) is 0 Å². The number of nitrogens with one attached hydrogen (secondary N) is 1. The van der Waals surface area contributed by atoms with Crippen molar-refractivity contribution < 1.29 is 18.0 Å². The summed E-state index contributed by atoms with van der Waals surface area (Å²) in [6, 6.07) is 8.32. The molecule has 0 fully saturated rings. The van der Waals surface area contributed by atoms with E-state index in [9.17, 15) is 22.8 Å². The van der Waals surface area contributed by atoms with Gasteiger partial charge in [-0.25, -0.2) is 18.2 Å². The molecule has 0 aliphatic heterocycles. The summed E-state index contributed by atoms with van der Waals surface area (Å²) in [5, 5.41) is 2.59. The van der Waals surface area contributed by atoms with Crippen LogP contribution in [-0.2, 0) is 4.79 Å². The van der Waals surface area contributed by atoms with Crippen molar-refractivity contribution in [3.8, 4) is 5.69 Å². The number of thioether (sulfide) groups is 1. The van der Waals surface area contributed by atoms with Gasteiger partial charge >= 0.3 is 0 Å². The maximum absolute atomic E-state index is 13.4. The maximum Gasteiger partial charge on any atom is 0.287 e. The van der Waals surface area contributed by atoms with Gasteiger partial charge in [-0.2, -0.15) is 0 Å². The van der Waals surface area contributed by atoms with Gasteiger partial charge in [0.1, 0.15) is 5.82 Å². The zero-order chi connectivity index (χ0) is 19.4. The van der Waals surface area contributed by atoms with E-state index in [0.29, 0.717) is 5.69 Å². The highest BCUT2D eigenvalue weighted by Gasteiger charge is 2.12. The molecule has 0 spiro atoms. The van der Waals surface area contributed by atoms with E-state index in [1.807, 2.05) is 0 Å². The number of benzene rings is 2. The third-order valence-corrected chi connectivity index (χ3v) is 4.42. The smallest absolute Gasteiger partial charge is 0.287 e. The number of hydrogen-bond acceptors (Lipinski definition) is 4. The molecule has 0 atom stereocenters. The van der Waals surface area contributed by atoms with Gasteiger partial charge in [0.25, 0.3) is 5.56 Å². The van der Waals surface area contributed by atoms with Gasteiger partial charge in [-0.05, 0) is 36.4 Å². The predicted octanol–water partition coefficient (Wildman–Crippen LogP) is 3.38. The number of carbonyl (C=O) groups excluding carboxylic acids is 1. The molecule has 3 aromatic rings. The van der Waals surface area contributed by atoms with Gasteiger partial charge in [0.2, 0.25) is 5.91 Å². The van der Waals surface area contributed by atoms with Crippen LogP contribution in [0.15, 0.2) is 64.7 Å². The molecule has 1 amide bonds. The highest BCUT2D eigenvalue weighted by molar-refractivity contribution is 7.99. The van der Waals surface area contributed by atoms with Crippen LogP contribution in [0.1, 0.15) is 0 Å². The minimum Gasteiger partial charge on any atom is -0.325 e. The largest absolute Gasteiger partial charge is 0.325 e. The Labute approximate surface area is 155 Å². The van der Waals surface area contributed by atoms with Gasteiger partial charge in [-0.3, -0.25) is 14.2 Å². The number of halogens is 3. The average Bonchev–Trinajstić information content (AvgIpc) is 2.65. The summed E-state index contributed by atoms with van der Waals surface area (Å²) in [5.41, 5.74) is -0.00998. The molecular weight excluding hydrogens is 379 g/mol. The number of aromatic nitrogens is 2. The molecule has 9 heteroatoms. The molecule has 0 saturated carbocycles. The molecule has 0 saturated heterocycles. The van der Waals surface area contributed by atoms with E-state index in [2.05, 4.69) is 10.3 Å². The third kappa shape index (κ3) is 4.56. The second kappa shape index (κ2) is 8.09. The fourth-order valence-corrected chi connectivity index (χ4v) is 2.89. The Hall–Kier alpha value is -3.07. The number of anilines is 1. The van der Waals surface area contributed by atoms with E-state index in [-0.39, 0.29) is 16.5 Å². The highest BCUT2D eigenvalue weighted by atomic mass is 32.2. The Morgan fingerprint density at radius 3 is 2.52 bits per heavy atom. The fraction of sp³-hybridized carbons (Fsp3) is 0.0556. The molecule has 0 unspecified atom stereocenters. The van der Waals surface area contributed by atoms with E-state index in [1.165, 1.54) is 42.7 Å². The van der Waals surface area contributed by atoms with Gasteiger partial charge in [-0.15, -0.1) is 0 Å². The van der Waals surface area contributed by atoms with Crippen molar-refractivity contribution in [1.82, 2.24) is 9.55 Å². The van der Waals surface area contributed by atoms with Gasteiger partial charge in [-0.1, -0.05) is 11.8 Å².